The molecule has 0 saturated heterocycles. The van der Waals surface area contributed by atoms with Crippen LogP contribution in [-0.2, 0) is 6.42 Å². The molecule has 0 nitrogen and oxygen atoms in total. The van der Waals surface area contributed by atoms with Crippen molar-refractivity contribution in [3.05, 3.63) is 21.9 Å². The van der Waals surface area contributed by atoms with Crippen molar-refractivity contribution in [3.8, 4) is 0 Å². The number of hydrogen-bond donors (Lipinski definition) is 0. The Morgan fingerprint density at radius 3 is 2.90 bits per heavy atom. The molecule has 2 heteroatoms. The largest absolute Gasteiger partial charge is 0.149 e. The van der Waals surface area contributed by atoms with E-state index in [1.54, 1.807) is 0 Å². The van der Waals surface area contributed by atoms with Gasteiger partial charge in [-0.15, -0.1) is 22.9 Å². The number of hydrogen-bond acceptors (Lipinski definition) is 1. The first-order valence-electron chi connectivity index (χ1n) is 3.43. The van der Waals surface area contributed by atoms with Gasteiger partial charge < -0.3 is 0 Å². The number of rotatable bonds is 3. The second-order valence-electron chi connectivity index (χ2n) is 2.36. The number of halogens is 1. The van der Waals surface area contributed by atoms with Gasteiger partial charge in [-0.05, 0) is 36.8 Å². The lowest BCUT2D eigenvalue weighted by atomic mass is 10.2. The van der Waals surface area contributed by atoms with Crippen molar-refractivity contribution >= 4 is 22.9 Å². The van der Waals surface area contributed by atoms with Crippen molar-refractivity contribution in [3.63, 3.8) is 0 Å². The monoisotopic (exact) mass is 174 g/mol. The minimum Gasteiger partial charge on any atom is -0.149 e. The third-order valence-electron chi connectivity index (χ3n) is 1.38. The summed E-state index contributed by atoms with van der Waals surface area (Å²) in [5.74, 6) is 0.773. The maximum Gasteiger partial charge on any atom is 0.0226 e. The van der Waals surface area contributed by atoms with Gasteiger partial charge in [0.25, 0.3) is 0 Å². The van der Waals surface area contributed by atoms with Gasteiger partial charge in [0.15, 0.2) is 0 Å². The van der Waals surface area contributed by atoms with E-state index in [-0.39, 0.29) is 0 Å². The van der Waals surface area contributed by atoms with Gasteiger partial charge in [0.05, 0.1) is 0 Å². The van der Waals surface area contributed by atoms with Crippen LogP contribution in [0.25, 0.3) is 0 Å². The van der Waals surface area contributed by atoms with Crippen LogP contribution in [0.15, 0.2) is 11.4 Å². The third kappa shape index (κ3) is 2.31. The Morgan fingerprint density at radius 2 is 2.40 bits per heavy atom. The van der Waals surface area contributed by atoms with E-state index in [4.69, 9.17) is 11.6 Å². The molecule has 1 aromatic rings. The van der Waals surface area contributed by atoms with Crippen molar-refractivity contribution in [1.82, 2.24) is 0 Å². The van der Waals surface area contributed by atoms with Crippen LogP contribution in [0.5, 0.6) is 0 Å². The Hall–Kier alpha value is -0.0100. The summed E-state index contributed by atoms with van der Waals surface area (Å²) in [4.78, 5) is 1.39. The summed E-state index contributed by atoms with van der Waals surface area (Å²) in [6.45, 7) is 2.13. The van der Waals surface area contributed by atoms with E-state index in [1.807, 2.05) is 11.3 Å². The second-order valence-corrected chi connectivity index (χ2v) is 3.85. The van der Waals surface area contributed by atoms with Gasteiger partial charge in [-0.3, -0.25) is 0 Å². The molecule has 0 N–H and O–H groups in total. The van der Waals surface area contributed by atoms with E-state index in [0.29, 0.717) is 0 Å². The molecule has 0 aromatic carbocycles. The molecule has 0 aliphatic heterocycles. The van der Waals surface area contributed by atoms with Gasteiger partial charge in [-0.1, -0.05) is 0 Å². The standard InChI is InChI=1S/C8H11ClS/c1-7-5-8(6-10-7)3-2-4-9/h5-6H,2-4H2,1H3. The molecule has 1 heterocycles. The highest BCUT2D eigenvalue weighted by Crippen LogP contribution is 2.14. The molecule has 0 saturated carbocycles. The van der Waals surface area contributed by atoms with Crippen LogP contribution in [-0.4, -0.2) is 5.88 Å². The highest BCUT2D eigenvalue weighted by molar-refractivity contribution is 7.10. The number of thiophene rings is 1. The zero-order valence-corrected chi connectivity index (χ0v) is 7.63. The fourth-order valence-electron chi connectivity index (χ4n) is 0.900. The van der Waals surface area contributed by atoms with E-state index in [9.17, 15) is 0 Å². The lowest BCUT2D eigenvalue weighted by Gasteiger charge is -1.90. The first-order chi connectivity index (χ1) is 4.83. The molecule has 0 atom stereocenters. The highest BCUT2D eigenvalue weighted by Gasteiger charge is 1.94. The number of alkyl halides is 1. The van der Waals surface area contributed by atoms with Crippen LogP contribution in [0.3, 0.4) is 0 Å². The van der Waals surface area contributed by atoms with Crippen molar-refractivity contribution in [2.45, 2.75) is 19.8 Å². The Labute approximate surface area is 70.8 Å². The maximum absolute atomic E-state index is 5.56. The van der Waals surface area contributed by atoms with E-state index >= 15 is 0 Å². The van der Waals surface area contributed by atoms with Crippen molar-refractivity contribution < 1.29 is 0 Å². The average Bonchev–Trinajstić information content (AvgIpc) is 2.31. The smallest absolute Gasteiger partial charge is 0.0226 e. The molecule has 0 fully saturated rings. The van der Waals surface area contributed by atoms with E-state index in [1.165, 1.54) is 10.4 Å². The molecule has 0 bridgehead atoms. The fourth-order valence-corrected chi connectivity index (χ4v) is 1.78. The predicted molar refractivity (Wildman–Crippen MR) is 48.1 cm³/mol. The van der Waals surface area contributed by atoms with Crippen LogP contribution < -0.4 is 0 Å². The third-order valence-corrected chi connectivity index (χ3v) is 2.56. The van der Waals surface area contributed by atoms with Gasteiger partial charge in [0, 0.05) is 10.8 Å². The molecule has 0 aliphatic carbocycles. The van der Waals surface area contributed by atoms with Crippen LogP contribution in [0.4, 0.5) is 0 Å². The first-order valence-corrected chi connectivity index (χ1v) is 4.84. The summed E-state index contributed by atoms with van der Waals surface area (Å²) in [6.07, 6.45) is 2.23. The summed E-state index contributed by atoms with van der Waals surface area (Å²) in [5.41, 5.74) is 1.43. The molecule has 0 radical (unpaired) electrons. The summed E-state index contributed by atoms with van der Waals surface area (Å²) < 4.78 is 0. The number of aryl methyl sites for hydroxylation is 2. The van der Waals surface area contributed by atoms with E-state index in [2.05, 4.69) is 18.4 Å². The lowest BCUT2D eigenvalue weighted by molar-refractivity contribution is 0.933. The summed E-state index contributed by atoms with van der Waals surface area (Å²) in [7, 11) is 0. The van der Waals surface area contributed by atoms with Crippen LogP contribution >= 0.6 is 22.9 Å². The topological polar surface area (TPSA) is 0 Å². The first kappa shape index (κ1) is 8.09. The average molecular weight is 175 g/mol. The minimum absolute atomic E-state index is 0.773. The Morgan fingerprint density at radius 1 is 1.60 bits per heavy atom. The predicted octanol–water partition coefficient (Wildman–Crippen LogP) is 3.23. The minimum atomic E-state index is 0.773. The van der Waals surface area contributed by atoms with E-state index in [0.717, 1.165) is 18.7 Å². The Balaban J connectivity index is 2.42. The fraction of sp³-hybridized carbons (Fsp3) is 0.500. The SMILES string of the molecule is Cc1cc(CCCCl)cs1. The van der Waals surface area contributed by atoms with Crippen LogP contribution in [0, 0.1) is 6.92 Å². The summed E-state index contributed by atoms with van der Waals surface area (Å²) in [5, 5.41) is 2.21. The van der Waals surface area contributed by atoms with Gasteiger partial charge in [0.2, 0.25) is 0 Å². The molecule has 1 rings (SSSR count). The molecular formula is C8H11ClS. The molecule has 0 spiro atoms. The van der Waals surface area contributed by atoms with Gasteiger partial charge in [-0.25, -0.2) is 0 Å². The van der Waals surface area contributed by atoms with Gasteiger partial charge in [-0.2, -0.15) is 0 Å². The maximum atomic E-state index is 5.56. The quantitative estimate of drug-likeness (QED) is 0.618. The molecule has 56 valence electrons. The van der Waals surface area contributed by atoms with E-state index < -0.39 is 0 Å². The highest BCUT2D eigenvalue weighted by atomic mass is 35.5. The Kier molecular flexibility index (Phi) is 3.23. The van der Waals surface area contributed by atoms with Gasteiger partial charge in [0.1, 0.15) is 0 Å². The molecule has 0 aliphatic rings. The van der Waals surface area contributed by atoms with Crippen molar-refractivity contribution in [1.29, 1.82) is 0 Å². The summed E-state index contributed by atoms with van der Waals surface area (Å²) >= 11 is 7.37. The molecular weight excluding hydrogens is 164 g/mol. The zero-order valence-electron chi connectivity index (χ0n) is 6.06. The molecule has 10 heavy (non-hydrogen) atoms. The molecule has 1 aromatic heterocycles. The normalized spacial score (nSPS) is 10.2. The van der Waals surface area contributed by atoms with Crippen LogP contribution in [0.1, 0.15) is 16.9 Å². The molecule has 0 unspecified atom stereocenters. The summed E-state index contributed by atoms with van der Waals surface area (Å²) in [6, 6.07) is 2.23. The lowest BCUT2D eigenvalue weighted by Crippen LogP contribution is -1.81. The van der Waals surface area contributed by atoms with Crippen molar-refractivity contribution in [2.24, 2.45) is 0 Å². The van der Waals surface area contributed by atoms with Crippen molar-refractivity contribution in [2.75, 3.05) is 5.88 Å². The Bertz CT molecular complexity index is 193. The molecule has 0 amide bonds. The second kappa shape index (κ2) is 3.99. The zero-order chi connectivity index (χ0) is 7.40. The van der Waals surface area contributed by atoms with Crippen LogP contribution in [0.2, 0.25) is 0 Å². The van der Waals surface area contributed by atoms with Gasteiger partial charge >= 0.3 is 0 Å².